The van der Waals surface area contributed by atoms with E-state index in [4.69, 9.17) is 14.3 Å². The largest absolute Gasteiger partial charge is 0.452 e. The number of aliphatic hydroxyl groups is 1. The number of rotatable bonds is 8. The monoisotopic (exact) mass is 355 g/mol. The average Bonchev–Trinajstić information content (AvgIpc) is 2.57. The summed E-state index contributed by atoms with van der Waals surface area (Å²) in [6, 6.07) is 1.93. The van der Waals surface area contributed by atoms with Crippen LogP contribution in [0.15, 0.2) is 19.6 Å². The van der Waals surface area contributed by atoms with Crippen molar-refractivity contribution in [3.05, 3.63) is 21.0 Å². The Morgan fingerprint density at radius 1 is 1.38 bits per heavy atom. The Labute approximate surface area is 112 Å². The molecule has 0 bridgehead atoms. The van der Waals surface area contributed by atoms with Gasteiger partial charge in [0.1, 0.15) is 5.76 Å². The number of halogens is 2. The first-order valence-electron chi connectivity index (χ1n) is 5.07. The van der Waals surface area contributed by atoms with Crippen LogP contribution in [0, 0.1) is 0 Å². The van der Waals surface area contributed by atoms with Crippen molar-refractivity contribution in [1.82, 2.24) is 5.32 Å². The molecule has 4 nitrogen and oxygen atoms in total. The van der Waals surface area contributed by atoms with Crippen molar-refractivity contribution >= 4 is 31.9 Å². The molecule has 92 valence electrons. The molecule has 0 saturated heterocycles. The average molecular weight is 357 g/mol. The molecule has 0 atom stereocenters. The van der Waals surface area contributed by atoms with Crippen LogP contribution in [0.1, 0.15) is 12.2 Å². The van der Waals surface area contributed by atoms with E-state index in [1.807, 2.05) is 6.07 Å². The highest BCUT2D eigenvalue weighted by molar-refractivity contribution is 9.13. The third-order valence-corrected chi connectivity index (χ3v) is 3.58. The molecule has 0 spiro atoms. The summed E-state index contributed by atoms with van der Waals surface area (Å²) in [6.45, 7) is 2.73. The fourth-order valence-corrected chi connectivity index (χ4v) is 1.81. The van der Waals surface area contributed by atoms with Gasteiger partial charge >= 0.3 is 0 Å². The van der Waals surface area contributed by atoms with Crippen LogP contribution in [0.2, 0.25) is 0 Å². The Hall–Kier alpha value is 0.120. The summed E-state index contributed by atoms with van der Waals surface area (Å²) in [5.41, 5.74) is 0. The highest BCUT2D eigenvalue weighted by Gasteiger charge is 2.04. The smallest absolute Gasteiger partial charge is 0.183 e. The highest BCUT2D eigenvalue weighted by Crippen LogP contribution is 2.26. The van der Waals surface area contributed by atoms with Gasteiger partial charge in [-0.2, -0.15) is 0 Å². The van der Waals surface area contributed by atoms with Crippen LogP contribution in [0.4, 0.5) is 0 Å². The van der Waals surface area contributed by atoms with Crippen molar-refractivity contribution in [2.45, 2.75) is 13.0 Å². The third kappa shape index (κ3) is 5.45. The van der Waals surface area contributed by atoms with Crippen molar-refractivity contribution in [2.75, 3.05) is 26.4 Å². The van der Waals surface area contributed by atoms with E-state index in [0.717, 1.165) is 27.9 Å². The van der Waals surface area contributed by atoms with Crippen LogP contribution in [0.5, 0.6) is 0 Å². The molecule has 1 rings (SSSR count). The zero-order valence-corrected chi connectivity index (χ0v) is 12.0. The second kappa shape index (κ2) is 8.25. The number of ether oxygens (including phenoxy) is 1. The zero-order chi connectivity index (χ0) is 11.8. The van der Waals surface area contributed by atoms with Crippen molar-refractivity contribution < 1.29 is 14.3 Å². The second-order valence-electron chi connectivity index (χ2n) is 3.20. The molecule has 1 aromatic rings. The second-order valence-corrected chi connectivity index (χ2v) is 4.78. The van der Waals surface area contributed by atoms with Crippen LogP contribution in [-0.4, -0.2) is 31.5 Å². The molecule has 6 heteroatoms. The Morgan fingerprint density at radius 2 is 2.19 bits per heavy atom. The Bertz CT molecular complexity index is 285. The van der Waals surface area contributed by atoms with Gasteiger partial charge in [-0.1, -0.05) is 0 Å². The fourth-order valence-electron chi connectivity index (χ4n) is 1.16. The van der Waals surface area contributed by atoms with Crippen molar-refractivity contribution in [3.8, 4) is 0 Å². The molecule has 0 fully saturated rings. The fraction of sp³-hybridized carbons (Fsp3) is 0.600. The van der Waals surface area contributed by atoms with E-state index in [9.17, 15) is 0 Å². The Kier molecular flexibility index (Phi) is 7.31. The Balaban J connectivity index is 2.03. The summed E-state index contributed by atoms with van der Waals surface area (Å²) < 4.78 is 12.2. The van der Waals surface area contributed by atoms with Crippen LogP contribution in [-0.2, 0) is 11.3 Å². The van der Waals surface area contributed by atoms with Crippen LogP contribution in [0.25, 0.3) is 0 Å². The van der Waals surface area contributed by atoms with Gasteiger partial charge in [-0.25, -0.2) is 0 Å². The molecule has 0 saturated carbocycles. The van der Waals surface area contributed by atoms with Gasteiger partial charge in [-0.3, -0.25) is 0 Å². The lowest BCUT2D eigenvalue weighted by Crippen LogP contribution is -2.16. The summed E-state index contributed by atoms with van der Waals surface area (Å²) in [6.07, 6.45) is 0.920. The van der Waals surface area contributed by atoms with Gasteiger partial charge in [-0.05, 0) is 50.9 Å². The standard InChI is InChI=1S/C10H15Br2NO3/c11-9-6-8(16-10(9)12)7-13-2-1-4-15-5-3-14/h6,13-14H,1-5,7H2. The molecule has 16 heavy (non-hydrogen) atoms. The van der Waals surface area contributed by atoms with E-state index in [0.29, 0.717) is 19.8 Å². The molecule has 0 aliphatic heterocycles. The molecule has 0 aliphatic carbocycles. The molecule has 0 aromatic carbocycles. The molecule has 2 N–H and O–H groups in total. The summed E-state index contributed by atoms with van der Waals surface area (Å²) in [4.78, 5) is 0. The summed E-state index contributed by atoms with van der Waals surface area (Å²) in [7, 11) is 0. The zero-order valence-electron chi connectivity index (χ0n) is 8.84. The number of hydrogen-bond acceptors (Lipinski definition) is 4. The first-order valence-corrected chi connectivity index (χ1v) is 6.65. The van der Waals surface area contributed by atoms with Crippen LogP contribution < -0.4 is 5.32 Å². The predicted molar refractivity (Wildman–Crippen MR) is 68.3 cm³/mol. The van der Waals surface area contributed by atoms with E-state index in [1.165, 1.54) is 0 Å². The normalized spacial score (nSPS) is 10.9. The van der Waals surface area contributed by atoms with Gasteiger partial charge in [-0.15, -0.1) is 0 Å². The maximum absolute atomic E-state index is 8.48. The lowest BCUT2D eigenvalue weighted by atomic mass is 10.4. The van der Waals surface area contributed by atoms with Crippen molar-refractivity contribution in [2.24, 2.45) is 0 Å². The number of nitrogens with one attached hydrogen (secondary N) is 1. The SMILES string of the molecule is OCCOCCCNCc1cc(Br)c(Br)o1. The Morgan fingerprint density at radius 3 is 2.81 bits per heavy atom. The predicted octanol–water partition coefficient (Wildman–Crippen LogP) is 2.29. The van der Waals surface area contributed by atoms with Gasteiger partial charge < -0.3 is 19.6 Å². The first-order chi connectivity index (χ1) is 7.74. The minimum Gasteiger partial charge on any atom is -0.452 e. The molecule has 1 heterocycles. The number of furan rings is 1. The lowest BCUT2D eigenvalue weighted by molar-refractivity contribution is 0.0906. The minimum atomic E-state index is 0.0852. The molecule has 0 unspecified atom stereocenters. The van der Waals surface area contributed by atoms with Gasteiger partial charge in [0.15, 0.2) is 4.67 Å². The van der Waals surface area contributed by atoms with Crippen LogP contribution in [0.3, 0.4) is 0 Å². The van der Waals surface area contributed by atoms with E-state index < -0.39 is 0 Å². The van der Waals surface area contributed by atoms with E-state index in [2.05, 4.69) is 37.2 Å². The van der Waals surface area contributed by atoms with E-state index >= 15 is 0 Å². The number of aliphatic hydroxyl groups excluding tert-OH is 1. The first kappa shape index (κ1) is 14.2. The molecular formula is C10H15Br2NO3. The van der Waals surface area contributed by atoms with Crippen molar-refractivity contribution in [1.29, 1.82) is 0 Å². The molecular weight excluding hydrogens is 342 g/mol. The van der Waals surface area contributed by atoms with Crippen LogP contribution >= 0.6 is 31.9 Å². The molecule has 1 aromatic heterocycles. The maximum Gasteiger partial charge on any atom is 0.183 e. The van der Waals surface area contributed by atoms with Crippen molar-refractivity contribution in [3.63, 3.8) is 0 Å². The van der Waals surface area contributed by atoms with E-state index in [-0.39, 0.29) is 6.61 Å². The third-order valence-electron chi connectivity index (χ3n) is 1.87. The van der Waals surface area contributed by atoms with Gasteiger partial charge in [0.2, 0.25) is 0 Å². The highest BCUT2D eigenvalue weighted by atomic mass is 79.9. The lowest BCUT2D eigenvalue weighted by Gasteiger charge is -2.03. The summed E-state index contributed by atoms with van der Waals surface area (Å²) in [5, 5.41) is 11.7. The van der Waals surface area contributed by atoms with E-state index in [1.54, 1.807) is 0 Å². The number of hydrogen-bond donors (Lipinski definition) is 2. The summed E-state index contributed by atoms with van der Waals surface area (Å²) >= 11 is 6.64. The van der Waals surface area contributed by atoms with Gasteiger partial charge in [0.25, 0.3) is 0 Å². The minimum absolute atomic E-state index is 0.0852. The van der Waals surface area contributed by atoms with Gasteiger partial charge in [0, 0.05) is 6.61 Å². The van der Waals surface area contributed by atoms with Gasteiger partial charge in [0.05, 0.1) is 24.2 Å². The molecule has 0 aliphatic rings. The summed E-state index contributed by atoms with van der Waals surface area (Å²) in [5.74, 6) is 0.884. The molecule has 0 radical (unpaired) electrons. The topological polar surface area (TPSA) is 54.6 Å². The molecule has 0 amide bonds. The quantitative estimate of drug-likeness (QED) is 0.702. The maximum atomic E-state index is 8.48.